The number of ether oxygens (including phenoxy) is 1. The third kappa shape index (κ3) is 4.20. The Labute approximate surface area is 95.3 Å². The zero-order chi connectivity index (χ0) is 12.3. The number of hydrogen-bond acceptors (Lipinski definition) is 4. The molecule has 1 heterocycles. The van der Waals surface area contributed by atoms with Gasteiger partial charge in [0.05, 0.1) is 25.3 Å². The summed E-state index contributed by atoms with van der Waals surface area (Å²) in [5, 5.41) is 19.0. The topological polar surface area (TPSA) is 70.0 Å². The predicted octanol–water partition coefficient (Wildman–Crippen LogP) is 0.515. The second kappa shape index (κ2) is 4.84. The summed E-state index contributed by atoms with van der Waals surface area (Å²) in [7, 11) is 0. The first-order valence-corrected chi connectivity index (χ1v) is 5.30. The van der Waals surface area contributed by atoms with Crippen LogP contribution in [0.25, 0.3) is 0 Å². The smallest absolute Gasteiger partial charge is 0.410 e. The summed E-state index contributed by atoms with van der Waals surface area (Å²) in [6.45, 7) is 5.60. The largest absolute Gasteiger partial charge is 0.444 e. The normalized spacial score (nSPS) is 26.4. The lowest BCUT2D eigenvalue weighted by atomic mass is 10.2. The van der Waals surface area contributed by atoms with E-state index in [2.05, 4.69) is 0 Å². The Bertz CT molecular complexity index is 268. The van der Waals surface area contributed by atoms with Crippen LogP contribution >= 0.6 is 0 Å². The molecule has 16 heavy (non-hydrogen) atoms. The van der Waals surface area contributed by atoms with Gasteiger partial charge in [-0.2, -0.15) is 0 Å². The average Bonchev–Trinajstić information content (AvgIpc) is 2.25. The monoisotopic (exact) mass is 229 g/mol. The third-order valence-electron chi connectivity index (χ3n) is 2.02. The van der Waals surface area contributed by atoms with E-state index in [9.17, 15) is 15.0 Å². The molecule has 0 saturated carbocycles. The molecule has 1 unspecified atom stereocenters. The quantitative estimate of drug-likeness (QED) is 0.594. The number of nitrogens with zero attached hydrogens (tertiary/aromatic N) is 1. The molecule has 1 aliphatic rings. The molecule has 5 nitrogen and oxygen atoms in total. The van der Waals surface area contributed by atoms with Crippen molar-refractivity contribution in [3.63, 3.8) is 0 Å². The van der Waals surface area contributed by atoms with Crippen LogP contribution in [0.2, 0.25) is 0 Å². The van der Waals surface area contributed by atoms with Gasteiger partial charge < -0.3 is 19.8 Å². The standard InChI is InChI=1S/C11H19NO4/c1-11(2,3)16-10(15)12-6-8(13)4-5-9(14)7-12/h4-5,8-9,13-14H,6-7H2,1-3H3/t8-,9?/m1/s1. The van der Waals surface area contributed by atoms with Gasteiger partial charge in [0.25, 0.3) is 0 Å². The van der Waals surface area contributed by atoms with Crippen molar-refractivity contribution in [2.75, 3.05) is 13.1 Å². The maximum Gasteiger partial charge on any atom is 0.410 e. The van der Waals surface area contributed by atoms with Gasteiger partial charge in [-0.15, -0.1) is 0 Å². The summed E-state index contributed by atoms with van der Waals surface area (Å²) in [5.74, 6) is 0. The van der Waals surface area contributed by atoms with E-state index in [4.69, 9.17) is 4.74 Å². The van der Waals surface area contributed by atoms with Crippen molar-refractivity contribution >= 4 is 6.09 Å². The molecule has 92 valence electrons. The molecule has 1 amide bonds. The van der Waals surface area contributed by atoms with Crippen molar-refractivity contribution in [3.05, 3.63) is 12.2 Å². The summed E-state index contributed by atoms with van der Waals surface area (Å²) in [5.41, 5.74) is -0.577. The highest BCUT2D eigenvalue weighted by Crippen LogP contribution is 2.12. The zero-order valence-electron chi connectivity index (χ0n) is 9.88. The Morgan fingerprint density at radius 3 is 2.06 bits per heavy atom. The summed E-state index contributed by atoms with van der Waals surface area (Å²) in [6, 6.07) is 0. The van der Waals surface area contributed by atoms with Crippen LogP contribution in [0.3, 0.4) is 0 Å². The zero-order valence-corrected chi connectivity index (χ0v) is 9.88. The molecule has 0 aromatic carbocycles. The maximum absolute atomic E-state index is 11.7. The number of β-amino-alcohol motifs (C(OH)–C–C–N with tert-alkyl or cyclic N) is 2. The number of aliphatic hydroxyl groups excluding tert-OH is 2. The van der Waals surface area contributed by atoms with Crippen LogP contribution in [0.15, 0.2) is 12.2 Å². The van der Waals surface area contributed by atoms with Gasteiger partial charge in [0.15, 0.2) is 0 Å². The minimum absolute atomic E-state index is 0.141. The molecule has 0 aromatic rings. The van der Waals surface area contributed by atoms with Crippen LogP contribution in [0.1, 0.15) is 20.8 Å². The summed E-state index contributed by atoms with van der Waals surface area (Å²) in [4.78, 5) is 13.0. The second-order valence-electron chi connectivity index (χ2n) is 4.90. The number of carbonyl (C=O) groups excluding carboxylic acids is 1. The Morgan fingerprint density at radius 2 is 1.69 bits per heavy atom. The van der Waals surface area contributed by atoms with Crippen molar-refractivity contribution < 1.29 is 19.7 Å². The van der Waals surface area contributed by atoms with Crippen LogP contribution in [-0.4, -0.2) is 52.1 Å². The van der Waals surface area contributed by atoms with Gasteiger partial charge in [0.1, 0.15) is 5.60 Å². The Kier molecular flexibility index (Phi) is 3.93. The number of amides is 1. The first kappa shape index (κ1) is 13.0. The van der Waals surface area contributed by atoms with E-state index in [1.54, 1.807) is 20.8 Å². The molecule has 2 atom stereocenters. The molecule has 1 aliphatic heterocycles. The first-order chi connectivity index (χ1) is 7.28. The van der Waals surface area contributed by atoms with Gasteiger partial charge in [0.2, 0.25) is 0 Å². The molecule has 0 bridgehead atoms. The van der Waals surface area contributed by atoms with Crippen LogP contribution in [0.5, 0.6) is 0 Å². The van der Waals surface area contributed by atoms with Crippen molar-refractivity contribution in [3.8, 4) is 0 Å². The fourth-order valence-electron chi connectivity index (χ4n) is 1.38. The second-order valence-corrected chi connectivity index (χ2v) is 4.90. The van der Waals surface area contributed by atoms with Gasteiger partial charge in [-0.25, -0.2) is 4.79 Å². The van der Waals surface area contributed by atoms with Gasteiger partial charge in [-0.3, -0.25) is 0 Å². The fourth-order valence-corrected chi connectivity index (χ4v) is 1.38. The molecule has 0 aromatic heterocycles. The van der Waals surface area contributed by atoms with E-state index in [1.165, 1.54) is 17.1 Å². The average molecular weight is 229 g/mol. The molecule has 2 N–H and O–H groups in total. The van der Waals surface area contributed by atoms with Gasteiger partial charge >= 0.3 is 6.09 Å². The highest BCUT2D eigenvalue weighted by atomic mass is 16.6. The van der Waals surface area contributed by atoms with Crippen molar-refractivity contribution in [1.82, 2.24) is 4.90 Å². The highest BCUT2D eigenvalue weighted by Gasteiger charge is 2.26. The molecule has 0 fully saturated rings. The molecule has 1 rings (SSSR count). The molecular weight excluding hydrogens is 210 g/mol. The van der Waals surface area contributed by atoms with Crippen molar-refractivity contribution in [2.45, 2.75) is 38.6 Å². The number of carbonyl (C=O) groups is 1. The molecule has 0 aliphatic carbocycles. The lowest BCUT2D eigenvalue weighted by molar-refractivity contribution is 0.0127. The third-order valence-corrected chi connectivity index (χ3v) is 2.02. The Balaban J connectivity index is 2.62. The van der Waals surface area contributed by atoms with Crippen LogP contribution < -0.4 is 0 Å². The van der Waals surface area contributed by atoms with Crippen molar-refractivity contribution in [2.24, 2.45) is 0 Å². The minimum atomic E-state index is -0.760. The lowest BCUT2D eigenvalue weighted by Gasteiger charge is -2.27. The number of aliphatic hydroxyl groups is 2. The Hall–Kier alpha value is -1.07. The van der Waals surface area contributed by atoms with E-state index < -0.39 is 23.9 Å². The van der Waals surface area contributed by atoms with Gasteiger partial charge in [-0.1, -0.05) is 12.2 Å². The van der Waals surface area contributed by atoms with Gasteiger partial charge in [-0.05, 0) is 20.8 Å². The SMILES string of the molecule is CC(C)(C)OC(=O)N1CC(O)C=C[C@@H](O)C1. The molecule has 5 heteroatoms. The molecule has 0 saturated heterocycles. The van der Waals surface area contributed by atoms with E-state index in [-0.39, 0.29) is 13.1 Å². The van der Waals surface area contributed by atoms with E-state index in [0.717, 1.165) is 0 Å². The van der Waals surface area contributed by atoms with E-state index in [1.807, 2.05) is 0 Å². The van der Waals surface area contributed by atoms with E-state index >= 15 is 0 Å². The summed E-state index contributed by atoms with van der Waals surface area (Å²) in [6.07, 6.45) is 0.924. The van der Waals surface area contributed by atoms with Crippen LogP contribution in [0.4, 0.5) is 4.79 Å². The molecule has 0 radical (unpaired) electrons. The summed E-state index contributed by atoms with van der Waals surface area (Å²) < 4.78 is 5.17. The number of rotatable bonds is 0. The molecule has 0 spiro atoms. The van der Waals surface area contributed by atoms with E-state index in [0.29, 0.717) is 0 Å². The Morgan fingerprint density at radius 1 is 1.25 bits per heavy atom. The van der Waals surface area contributed by atoms with Crippen LogP contribution in [-0.2, 0) is 4.74 Å². The van der Waals surface area contributed by atoms with Gasteiger partial charge in [0, 0.05) is 0 Å². The lowest BCUT2D eigenvalue weighted by Crippen LogP contribution is -2.42. The summed E-state index contributed by atoms with van der Waals surface area (Å²) >= 11 is 0. The fraction of sp³-hybridized carbons (Fsp3) is 0.727. The highest BCUT2D eigenvalue weighted by molar-refractivity contribution is 5.68. The maximum atomic E-state index is 11.7. The predicted molar refractivity (Wildman–Crippen MR) is 59.0 cm³/mol. The minimum Gasteiger partial charge on any atom is -0.444 e. The van der Waals surface area contributed by atoms with Crippen LogP contribution in [0, 0.1) is 0 Å². The van der Waals surface area contributed by atoms with Crippen molar-refractivity contribution in [1.29, 1.82) is 0 Å². The number of hydrogen-bond donors (Lipinski definition) is 2. The molecular formula is C11H19NO4. The first-order valence-electron chi connectivity index (χ1n) is 5.30.